The number of nitrogens with zero attached hydrogens (tertiary/aromatic N) is 2. The fourth-order valence-electron chi connectivity index (χ4n) is 3.13. The van der Waals surface area contributed by atoms with Crippen molar-refractivity contribution in [2.45, 2.75) is 51.6 Å². The van der Waals surface area contributed by atoms with E-state index in [2.05, 4.69) is 21.6 Å². The molecule has 1 heterocycles. The van der Waals surface area contributed by atoms with Crippen LogP contribution in [-0.4, -0.2) is 22.8 Å². The lowest BCUT2D eigenvalue weighted by molar-refractivity contribution is -0.152. The molecule has 0 amide bonds. The molecular formula is C18H23N3O3. The van der Waals surface area contributed by atoms with Gasteiger partial charge in [0, 0.05) is 5.92 Å². The van der Waals surface area contributed by atoms with Crippen LogP contribution in [0.2, 0.25) is 0 Å². The second-order valence-corrected chi connectivity index (χ2v) is 6.33. The van der Waals surface area contributed by atoms with E-state index in [1.54, 1.807) is 0 Å². The summed E-state index contributed by atoms with van der Waals surface area (Å²) in [4.78, 5) is 12.7. The van der Waals surface area contributed by atoms with Crippen LogP contribution in [0.3, 0.4) is 0 Å². The Balaban J connectivity index is 1.85. The smallest absolute Gasteiger partial charge is 0.331 e. The molecule has 0 bridgehead atoms. The number of aromatic nitrogens is 2. The number of aryl methyl sites for hydroxylation is 1. The van der Waals surface area contributed by atoms with Gasteiger partial charge in [-0.25, -0.2) is 4.79 Å². The van der Waals surface area contributed by atoms with E-state index < -0.39 is 5.54 Å². The Morgan fingerprint density at radius 1 is 1.38 bits per heavy atom. The quantitative estimate of drug-likeness (QED) is 0.821. The molecule has 0 saturated carbocycles. The molecule has 1 N–H and O–H groups in total. The van der Waals surface area contributed by atoms with Crippen LogP contribution in [0.4, 0.5) is 0 Å². The summed E-state index contributed by atoms with van der Waals surface area (Å²) in [5, 5.41) is 11.4. The van der Waals surface area contributed by atoms with Gasteiger partial charge in [0.25, 0.3) is 0 Å². The number of hydrogen-bond acceptors (Lipinski definition) is 6. The number of rotatable bonds is 6. The molecule has 6 nitrogen and oxygen atoms in total. The highest BCUT2D eigenvalue weighted by molar-refractivity contribution is 5.84. The zero-order valence-electron chi connectivity index (χ0n) is 14.3. The fourth-order valence-corrected chi connectivity index (χ4v) is 3.13. The minimum absolute atomic E-state index is 0.178. The third-order valence-corrected chi connectivity index (χ3v) is 4.39. The van der Waals surface area contributed by atoms with E-state index in [1.807, 2.05) is 39.0 Å². The molecule has 2 aromatic rings. The second-order valence-electron chi connectivity index (χ2n) is 6.33. The van der Waals surface area contributed by atoms with Gasteiger partial charge in [0.05, 0.1) is 13.2 Å². The number of benzene rings is 1. The van der Waals surface area contributed by atoms with Crippen LogP contribution in [0.25, 0.3) is 0 Å². The summed E-state index contributed by atoms with van der Waals surface area (Å²) in [6.07, 6.45) is 1.50. The number of esters is 1. The van der Waals surface area contributed by atoms with Crippen LogP contribution in [0.1, 0.15) is 56.0 Å². The molecule has 6 heteroatoms. The molecule has 1 unspecified atom stereocenters. The summed E-state index contributed by atoms with van der Waals surface area (Å²) in [6, 6.07) is 7.98. The third-order valence-electron chi connectivity index (χ3n) is 4.39. The summed E-state index contributed by atoms with van der Waals surface area (Å²) in [6.45, 7) is 6.49. The lowest BCUT2D eigenvalue weighted by Gasteiger charge is -2.28. The topological polar surface area (TPSA) is 77.2 Å². The van der Waals surface area contributed by atoms with Gasteiger partial charge in [0.15, 0.2) is 0 Å². The maximum Gasteiger partial charge on any atom is 0.331 e. The van der Waals surface area contributed by atoms with Crippen molar-refractivity contribution < 1.29 is 13.9 Å². The monoisotopic (exact) mass is 329 g/mol. The number of fused-ring (bicyclic) bond motifs is 1. The van der Waals surface area contributed by atoms with Gasteiger partial charge in [0.1, 0.15) is 5.54 Å². The molecule has 24 heavy (non-hydrogen) atoms. The molecule has 0 fully saturated rings. The Morgan fingerprint density at radius 3 is 2.88 bits per heavy atom. The summed E-state index contributed by atoms with van der Waals surface area (Å²) in [5.74, 6) is 1.01. The third kappa shape index (κ3) is 2.94. The molecule has 128 valence electrons. The molecule has 1 aromatic carbocycles. The maximum atomic E-state index is 12.7. The summed E-state index contributed by atoms with van der Waals surface area (Å²) < 4.78 is 11.0. The molecule has 3 rings (SSSR count). The van der Waals surface area contributed by atoms with Crippen LogP contribution in [-0.2, 0) is 28.0 Å². The molecule has 0 spiro atoms. The highest BCUT2D eigenvalue weighted by Gasteiger charge is 2.46. The van der Waals surface area contributed by atoms with Gasteiger partial charge in [-0.2, -0.15) is 0 Å². The van der Waals surface area contributed by atoms with Gasteiger partial charge in [-0.1, -0.05) is 38.1 Å². The summed E-state index contributed by atoms with van der Waals surface area (Å²) >= 11 is 0. The number of hydrogen-bond donors (Lipinski definition) is 1. The lowest BCUT2D eigenvalue weighted by atomic mass is 9.91. The minimum Gasteiger partial charge on any atom is -0.464 e. The van der Waals surface area contributed by atoms with Gasteiger partial charge < -0.3 is 9.15 Å². The van der Waals surface area contributed by atoms with Crippen LogP contribution in [0.15, 0.2) is 28.7 Å². The molecule has 1 aliphatic rings. The van der Waals surface area contributed by atoms with Crippen molar-refractivity contribution >= 4 is 5.97 Å². The first-order chi connectivity index (χ1) is 11.6. The number of carbonyl (C=O) groups is 1. The Hall–Kier alpha value is -2.21. The van der Waals surface area contributed by atoms with Crippen molar-refractivity contribution in [3.05, 3.63) is 47.2 Å². The highest BCUT2D eigenvalue weighted by atomic mass is 16.5. The van der Waals surface area contributed by atoms with Gasteiger partial charge in [-0.3, -0.25) is 5.32 Å². The minimum atomic E-state index is -0.848. The molecule has 1 atom stereocenters. The van der Waals surface area contributed by atoms with Gasteiger partial charge in [-0.15, -0.1) is 10.2 Å². The molecule has 0 saturated heterocycles. The predicted octanol–water partition coefficient (Wildman–Crippen LogP) is 2.69. The highest BCUT2D eigenvalue weighted by Crippen LogP contribution is 2.38. The second kappa shape index (κ2) is 6.73. The van der Waals surface area contributed by atoms with Crippen molar-refractivity contribution in [2.24, 2.45) is 0 Å². The Bertz CT molecular complexity index is 726. The average Bonchev–Trinajstić information content (AvgIpc) is 3.19. The average molecular weight is 329 g/mol. The van der Waals surface area contributed by atoms with Gasteiger partial charge in [-0.05, 0) is 30.9 Å². The number of nitrogens with one attached hydrogen (secondary N) is 1. The van der Waals surface area contributed by atoms with Gasteiger partial charge >= 0.3 is 5.97 Å². The van der Waals surface area contributed by atoms with E-state index in [9.17, 15) is 4.79 Å². The number of carbonyl (C=O) groups excluding carboxylic acids is 1. The predicted molar refractivity (Wildman–Crippen MR) is 88.3 cm³/mol. The molecule has 1 aliphatic carbocycles. The Morgan fingerprint density at radius 2 is 2.17 bits per heavy atom. The lowest BCUT2D eigenvalue weighted by Crippen LogP contribution is -2.48. The molecular weight excluding hydrogens is 306 g/mol. The van der Waals surface area contributed by atoms with Crippen molar-refractivity contribution in [1.29, 1.82) is 0 Å². The van der Waals surface area contributed by atoms with Crippen molar-refractivity contribution in [3.8, 4) is 0 Å². The van der Waals surface area contributed by atoms with E-state index in [4.69, 9.17) is 9.15 Å². The standard InChI is InChI=1S/C18H23N3O3/c1-4-23-17(22)18(10-9-13-7-5-6-8-14(13)18)19-11-15-20-21-16(24-15)12(2)3/h5-8,12,19H,4,9-11H2,1-3H3. The van der Waals surface area contributed by atoms with Crippen LogP contribution < -0.4 is 5.32 Å². The summed E-state index contributed by atoms with van der Waals surface area (Å²) in [7, 11) is 0. The summed E-state index contributed by atoms with van der Waals surface area (Å²) in [5.41, 5.74) is 1.30. The van der Waals surface area contributed by atoms with Crippen LogP contribution in [0, 0.1) is 0 Å². The van der Waals surface area contributed by atoms with E-state index >= 15 is 0 Å². The van der Waals surface area contributed by atoms with E-state index in [0.717, 1.165) is 12.0 Å². The van der Waals surface area contributed by atoms with Crippen LogP contribution in [0.5, 0.6) is 0 Å². The fraction of sp³-hybridized carbons (Fsp3) is 0.500. The first kappa shape index (κ1) is 16.6. The van der Waals surface area contributed by atoms with Crippen LogP contribution >= 0.6 is 0 Å². The first-order valence-electron chi connectivity index (χ1n) is 8.39. The SMILES string of the molecule is CCOC(=O)C1(NCc2nnc(C(C)C)o2)CCc2ccccc21. The van der Waals surface area contributed by atoms with Crippen molar-refractivity contribution in [1.82, 2.24) is 15.5 Å². The first-order valence-corrected chi connectivity index (χ1v) is 8.39. The number of ether oxygens (including phenoxy) is 1. The normalized spacial score (nSPS) is 19.5. The Labute approximate surface area is 141 Å². The molecule has 0 aliphatic heterocycles. The zero-order valence-corrected chi connectivity index (χ0v) is 14.3. The van der Waals surface area contributed by atoms with E-state index in [0.29, 0.717) is 31.4 Å². The largest absolute Gasteiger partial charge is 0.464 e. The zero-order chi connectivity index (χ0) is 17.2. The van der Waals surface area contributed by atoms with E-state index in [1.165, 1.54) is 5.56 Å². The van der Waals surface area contributed by atoms with E-state index in [-0.39, 0.29) is 11.9 Å². The van der Waals surface area contributed by atoms with Crippen molar-refractivity contribution in [2.75, 3.05) is 6.61 Å². The molecule has 0 radical (unpaired) electrons. The Kier molecular flexibility index (Phi) is 4.66. The maximum absolute atomic E-state index is 12.7. The molecule has 1 aromatic heterocycles. The van der Waals surface area contributed by atoms with Gasteiger partial charge in [0.2, 0.25) is 11.8 Å². The van der Waals surface area contributed by atoms with Crippen molar-refractivity contribution in [3.63, 3.8) is 0 Å².